The summed E-state index contributed by atoms with van der Waals surface area (Å²) in [5.74, 6) is 1.59. The van der Waals surface area contributed by atoms with E-state index in [9.17, 15) is 10.1 Å². The molecule has 2 rings (SSSR count). The van der Waals surface area contributed by atoms with E-state index in [0.29, 0.717) is 22.8 Å². The highest BCUT2D eigenvalue weighted by atomic mass is 16.6. The molecule has 0 bridgehead atoms. The zero-order valence-electron chi connectivity index (χ0n) is 13.2. The summed E-state index contributed by atoms with van der Waals surface area (Å²) in [6.45, 7) is 1.49. The highest BCUT2D eigenvalue weighted by Crippen LogP contribution is 2.38. The van der Waals surface area contributed by atoms with E-state index in [4.69, 9.17) is 18.7 Å². The lowest BCUT2D eigenvalue weighted by Crippen LogP contribution is -1.95. The number of nitrogens with zero attached hydrogens (tertiary/aromatic N) is 2. The largest absolute Gasteiger partial charge is 0.493 e. The van der Waals surface area contributed by atoms with Crippen LogP contribution in [-0.2, 0) is 0 Å². The molecule has 0 saturated heterocycles. The number of benzene rings is 1. The molecule has 0 fully saturated rings. The van der Waals surface area contributed by atoms with Gasteiger partial charge >= 0.3 is 5.69 Å². The van der Waals surface area contributed by atoms with Gasteiger partial charge in [-0.05, 0) is 23.8 Å². The van der Waals surface area contributed by atoms with E-state index in [1.165, 1.54) is 34.3 Å². The standard InChI is InChI=1S/C15H16N2O6/c1-9-14(17(18)19)11(16-23-9)6-5-10-7-12(20-2)15(22-4)13(8-10)21-3/h5-8H,1-4H3/b6-5+. The third kappa shape index (κ3) is 3.25. The number of hydrogen-bond donors (Lipinski definition) is 0. The maximum atomic E-state index is 11.0. The van der Waals surface area contributed by atoms with E-state index in [1.807, 2.05) is 0 Å². The van der Waals surface area contributed by atoms with Gasteiger partial charge in [0.25, 0.3) is 0 Å². The van der Waals surface area contributed by atoms with Crippen molar-refractivity contribution >= 4 is 17.8 Å². The number of ether oxygens (including phenoxy) is 3. The molecule has 1 aromatic heterocycles. The smallest absolute Gasteiger partial charge is 0.338 e. The Kier molecular flexibility index (Phi) is 4.85. The first-order valence-corrected chi connectivity index (χ1v) is 6.60. The summed E-state index contributed by atoms with van der Waals surface area (Å²) < 4.78 is 20.6. The Morgan fingerprint density at radius 3 is 2.22 bits per heavy atom. The summed E-state index contributed by atoms with van der Waals surface area (Å²) in [6.07, 6.45) is 3.14. The number of aryl methyl sites for hydroxylation is 1. The molecule has 0 spiro atoms. The first kappa shape index (κ1) is 16.3. The lowest BCUT2D eigenvalue weighted by atomic mass is 10.1. The second-order valence-corrected chi connectivity index (χ2v) is 4.52. The Balaban J connectivity index is 2.42. The van der Waals surface area contributed by atoms with Gasteiger partial charge in [0.2, 0.25) is 11.5 Å². The molecular formula is C15H16N2O6. The van der Waals surface area contributed by atoms with Gasteiger partial charge in [0.1, 0.15) is 0 Å². The van der Waals surface area contributed by atoms with Crippen molar-refractivity contribution in [2.75, 3.05) is 21.3 Å². The monoisotopic (exact) mass is 320 g/mol. The molecule has 0 amide bonds. The molecular weight excluding hydrogens is 304 g/mol. The molecule has 8 heteroatoms. The molecule has 0 aliphatic rings. The third-order valence-corrected chi connectivity index (χ3v) is 3.16. The SMILES string of the molecule is COc1cc(/C=C/c2noc(C)c2[N+](=O)[O-])cc(OC)c1OC. The quantitative estimate of drug-likeness (QED) is 0.596. The van der Waals surface area contributed by atoms with Crippen molar-refractivity contribution in [2.24, 2.45) is 0 Å². The van der Waals surface area contributed by atoms with Crippen LogP contribution in [-0.4, -0.2) is 31.4 Å². The van der Waals surface area contributed by atoms with Crippen molar-refractivity contribution in [3.63, 3.8) is 0 Å². The maximum Gasteiger partial charge on any atom is 0.338 e. The molecule has 8 nitrogen and oxygen atoms in total. The lowest BCUT2D eigenvalue weighted by molar-refractivity contribution is -0.386. The van der Waals surface area contributed by atoms with E-state index in [2.05, 4.69) is 5.16 Å². The van der Waals surface area contributed by atoms with E-state index in [0.717, 1.165) is 0 Å². The van der Waals surface area contributed by atoms with Crippen LogP contribution in [0.25, 0.3) is 12.2 Å². The average molecular weight is 320 g/mol. The topological polar surface area (TPSA) is 96.9 Å². The summed E-state index contributed by atoms with van der Waals surface area (Å²) in [6, 6.07) is 3.44. The minimum atomic E-state index is -0.527. The number of aromatic nitrogens is 1. The van der Waals surface area contributed by atoms with Crippen molar-refractivity contribution < 1.29 is 23.7 Å². The first-order valence-electron chi connectivity index (χ1n) is 6.60. The van der Waals surface area contributed by atoms with Crippen LogP contribution < -0.4 is 14.2 Å². The van der Waals surface area contributed by atoms with Gasteiger partial charge < -0.3 is 18.7 Å². The Hall–Kier alpha value is -3.03. The summed E-state index contributed by atoms with van der Waals surface area (Å²) in [5, 5.41) is 14.7. The minimum Gasteiger partial charge on any atom is -0.493 e. The second kappa shape index (κ2) is 6.82. The lowest BCUT2D eigenvalue weighted by Gasteiger charge is -2.12. The Labute approximate surface area is 132 Å². The van der Waals surface area contributed by atoms with E-state index < -0.39 is 4.92 Å². The van der Waals surface area contributed by atoms with Crippen LogP contribution >= 0.6 is 0 Å². The molecule has 0 radical (unpaired) electrons. The predicted octanol–water partition coefficient (Wildman–Crippen LogP) is 3.09. The van der Waals surface area contributed by atoms with Gasteiger partial charge in [-0.25, -0.2) is 0 Å². The van der Waals surface area contributed by atoms with Crippen LogP contribution in [0, 0.1) is 17.0 Å². The minimum absolute atomic E-state index is 0.140. The Bertz CT molecular complexity index is 725. The molecule has 23 heavy (non-hydrogen) atoms. The fraction of sp³-hybridized carbons (Fsp3) is 0.267. The van der Waals surface area contributed by atoms with Crippen molar-refractivity contribution in [3.8, 4) is 17.2 Å². The van der Waals surface area contributed by atoms with Crippen LogP contribution in [0.15, 0.2) is 16.7 Å². The summed E-state index contributed by atoms with van der Waals surface area (Å²) in [7, 11) is 4.53. The zero-order valence-corrected chi connectivity index (χ0v) is 13.2. The highest BCUT2D eigenvalue weighted by Gasteiger charge is 2.22. The van der Waals surface area contributed by atoms with Crippen LogP contribution in [0.2, 0.25) is 0 Å². The van der Waals surface area contributed by atoms with Crippen molar-refractivity contribution in [1.29, 1.82) is 0 Å². The fourth-order valence-corrected chi connectivity index (χ4v) is 2.09. The zero-order chi connectivity index (χ0) is 17.0. The van der Waals surface area contributed by atoms with Crippen molar-refractivity contribution in [1.82, 2.24) is 5.16 Å². The fourth-order valence-electron chi connectivity index (χ4n) is 2.09. The molecule has 122 valence electrons. The van der Waals surface area contributed by atoms with Crippen LogP contribution in [0.1, 0.15) is 17.0 Å². The second-order valence-electron chi connectivity index (χ2n) is 4.52. The molecule has 0 aliphatic heterocycles. The molecule has 0 aliphatic carbocycles. The average Bonchev–Trinajstić information content (AvgIpc) is 2.92. The Morgan fingerprint density at radius 2 is 1.74 bits per heavy atom. The Morgan fingerprint density at radius 1 is 1.13 bits per heavy atom. The molecule has 0 atom stereocenters. The van der Waals surface area contributed by atoms with Crippen LogP contribution in [0.5, 0.6) is 17.2 Å². The van der Waals surface area contributed by atoms with Crippen LogP contribution in [0.3, 0.4) is 0 Å². The van der Waals surface area contributed by atoms with Gasteiger partial charge in [-0.1, -0.05) is 11.2 Å². The van der Waals surface area contributed by atoms with Gasteiger partial charge in [0.05, 0.1) is 26.3 Å². The number of hydrogen-bond acceptors (Lipinski definition) is 7. The van der Waals surface area contributed by atoms with E-state index in [1.54, 1.807) is 18.2 Å². The predicted molar refractivity (Wildman–Crippen MR) is 82.9 cm³/mol. The van der Waals surface area contributed by atoms with Gasteiger partial charge in [-0.2, -0.15) is 0 Å². The molecule has 0 saturated carbocycles. The summed E-state index contributed by atoms with van der Waals surface area (Å²) in [4.78, 5) is 10.5. The number of rotatable bonds is 6. The molecule has 1 heterocycles. The number of methoxy groups -OCH3 is 3. The van der Waals surface area contributed by atoms with E-state index >= 15 is 0 Å². The molecule has 2 aromatic rings. The summed E-state index contributed by atoms with van der Waals surface area (Å²) in [5.41, 5.74) is 0.685. The maximum absolute atomic E-state index is 11.0. The van der Waals surface area contributed by atoms with Gasteiger partial charge in [0.15, 0.2) is 17.2 Å². The summed E-state index contributed by atoms with van der Waals surface area (Å²) >= 11 is 0. The van der Waals surface area contributed by atoms with Gasteiger partial charge in [-0.15, -0.1) is 0 Å². The highest BCUT2D eigenvalue weighted by molar-refractivity contribution is 5.74. The molecule has 0 unspecified atom stereocenters. The molecule has 1 aromatic carbocycles. The first-order chi connectivity index (χ1) is 11.0. The van der Waals surface area contributed by atoms with Crippen molar-refractivity contribution in [2.45, 2.75) is 6.92 Å². The van der Waals surface area contributed by atoms with Crippen molar-refractivity contribution in [3.05, 3.63) is 39.3 Å². The van der Waals surface area contributed by atoms with Gasteiger partial charge in [-0.3, -0.25) is 10.1 Å². The van der Waals surface area contributed by atoms with Crippen LogP contribution in [0.4, 0.5) is 5.69 Å². The molecule has 0 N–H and O–H groups in total. The third-order valence-electron chi connectivity index (χ3n) is 3.16. The van der Waals surface area contributed by atoms with E-state index in [-0.39, 0.29) is 17.1 Å². The normalized spacial score (nSPS) is 10.8. The number of nitro groups is 1. The van der Waals surface area contributed by atoms with Gasteiger partial charge in [0, 0.05) is 6.92 Å².